The number of carbonyl (C=O) groups excluding carboxylic acids is 2. The number of rotatable bonds is 2. The van der Waals surface area contributed by atoms with Crippen molar-refractivity contribution in [3.8, 4) is 0 Å². The van der Waals surface area contributed by atoms with E-state index in [4.69, 9.17) is 4.74 Å². The third-order valence-corrected chi connectivity index (χ3v) is 4.30. The van der Waals surface area contributed by atoms with Crippen molar-refractivity contribution in [1.29, 1.82) is 0 Å². The first kappa shape index (κ1) is 18.3. The molecule has 0 saturated carbocycles. The monoisotopic (exact) mass is 332 g/mol. The largest absolute Gasteiger partial charge is 0.444 e. The molecule has 0 radical (unpaired) electrons. The number of carbonyl (C=O) groups is 2. The molecule has 0 aliphatic carbocycles. The second kappa shape index (κ2) is 7.24. The van der Waals surface area contributed by atoms with Crippen LogP contribution in [0.25, 0.3) is 0 Å². The average molecular weight is 332 g/mol. The SMILES string of the molecule is Cc1ccccc1N(C)C(=O)C1CCN(C(=O)OC(C)(C)C)CC1. The highest BCUT2D eigenvalue weighted by molar-refractivity contribution is 5.95. The summed E-state index contributed by atoms with van der Waals surface area (Å²) in [4.78, 5) is 28.3. The van der Waals surface area contributed by atoms with Crippen LogP contribution in [0.5, 0.6) is 0 Å². The second-order valence-electron chi connectivity index (χ2n) is 7.43. The number of amides is 2. The fourth-order valence-electron chi connectivity index (χ4n) is 2.97. The lowest BCUT2D eigenvalue weighted by Gasteiger charge is -2.34. The van der Waals surface area contributed by atoms with Crippen LogP contribution in [0, 0.1) is 12.8 Å². The normalized spacial score (nSPS) is 16.0. The molecule has 0 atom stereocenters. The van der Waals surface area contributed by atoms with Gasteiger partial charge in [0.25, 0.3) is 0 Å². The lowest BCUT2D eigenvalue weighted by molar-refractivity contribution is -0.123. The lowest BCUT2D eigenvalue weighted by Crippen LogP contribution is -2.45. The topological polar surface area (TPSA) is 49.9 Å². The van der Waals surface area contributed by atoms with Crippen LogP contribution < -0.4 is 4.90 Å². The molecule has 1 aliphatic rings. The molecule has 0 bridgehead atoms. The number of nitrogens with zero attached hydrogens (tertiary/aromatic N) is 2. The maximum Gasteiger partial charge on any atom is 0.410 e. The molecule has 132 valence electrons. The molecular formula is C19H28N2O3. The molecule has 1 aliphatic heterocycles. The highest BCUT2D eigenvalue weighted by Crippen LogP contribution is 2.25. The van der Waals surface area contributed by atoms with Gasteiger partial charge in [-0.1, -0.05) is 18.2 Å². The molecule has 0 unspecified atom stereocenters. The Hall–Kier alpha value is -2.04. The minimum atomic E-state index is -0.491. The minimum Gasteiger partial charge on any atom is -0.444 e. The first-order valence-corrected chi connectivity index (χ1v) is 8.50. The minimum absolute atomic E-state index is 0.0479. The molecule has 1 aromatic rings. The molecular weight excluding hydrogens is 304 g/mol. The number of hydrogen-bond donors (Lipinski definition) is 0. The summed E-state index contributed by atoms with van der Waals surface area (Å²) in [6.07, 6.45) is 1.06. The molecule has 1 heterocycles. The van der Waals surface area contributed by atoms with Gasteiger partial charge in [-0.15, -0.1) is 0 Å². The van der Waals surface area contributed by atoms with Crippen molar-refractivity contribution >= 4 is 17.7 Å². The molecule has 2 rings (SSSR count). The third kappa shape index (κ3) is 4.49. The van der Waals surface area contributed by atoms with Crippen molar-refractivity contribution in [2.45, 2.75) is 46.1 Å². The first-order chi connectivity index (χ1) is 11.2. The Morgan fingerprint density at radius 3 is 2.29 bits per heavy atom. The number of hydrogen-bond acceptors (Lipinski definition) is 3. The lowest BCUT2D eigenvalue weighted by atomic mass is 9.95. The third-order valence-electron chi connectivity index (χ3n) is 4.30. The standard InChI is InChI=1S/C19H28N2O3/c1-14-8-6-7-9-16(14)20(5)17(22)15-10-12-21(13-11-15)18(23)24-19(2,3)4/h6-9,15H,10-13H2,1-5H3. The van der Waals surface area contributed by atoms with E-state index in [9.17, 15) is 9.59 Å². The highest BCUT2D eigenvalue weighted by atomic mass is 16.6. The van der Waals surface area contributed by atoms with E-state index in [1.54, 1.807) is 9.80 Å². The van der Waals surface area contributed by atoms with E-state index < -0.39 is 5.60 Å². The van der Waals surface area contributed by atoms with Gasteiger partial charge < -0.3 is 14.5 Å². The van der Waals surface area contributed by atoms with E-state index in [0.717, 1.165) is 11.3 Å². The highest BCUT2D eigenvalue weighted by Gasteiger charge is 2.31. The number of para-hydroxylation sites is 1. The number of aryl methyl sites for hydroxylation is 1. The number of likely N-dealkylation sites (tertiary alicyclic amines) is 1. The molecule has 0 aromatic heterocycles. The summed E-state index contributed by atoms with van der Waals surface area (Å²) in [6, 6.07) is 7.88. The molecule has 1 fully saturated rings. The Morgan fingerprint density at radius 1 is 1.17 bits per heavy atom. The zero-order valence-electron chi connectivity index (χ0n) is 15.3. The van der Waals surface area contributed by atoms with Gasteiger partial charge in [0.1, 0.15) is 5.60 Å². The van der Waals surface area contributed by atoms with Gasteiger partial charge in [-0.3, -0.25) is 4.79 Å². The van der Waals surface area contributed by atoms with Gasteiger partial charge in [0.2, 0.25) is 5.91 Å². The van der Waals surface area contributed by atoms with Crippen molar-refractivity contribution in [2.24, 2.45) is 5.92 Å². The van der Waals surface area contributed by atoms with E-state index in [1.165, 1.54) is 0 Å². The van der Waals surface area contributed by atoms with Crippen LogP contribution in [0.15, 0.2) is 24.3 Å². The van der Waals surface area contributed by atoms with Gasteiger partial charge in [-0.05, 0) is 52.2 Å². The summed E-state index contributed by atoms with van der Waals surface area (Å²) in [6.45, 7) is 8.71. The van der Waals surface area contributed by atoms with Crippen LogP contribution >= 0.6 is 0 Å². The second-order valence-corrected chi connectivity index (χ2v) is 7.43. The van der Waals surface area contributed by atoms with Crippen LogP contribution in [0.2, 0.25) is 0 Å². The van der Waals surface area contributed by atoms with E-state index in [0.29, 0.717) is 25.9 Å². The summed E-state index contributed by atoms with van der Waals surface area (Å²) in [5.74, 6) is 0.0708. The van der Waals surface area contributed by atoms with E-state index in [-0.39, 0.29) is 17.9 Å². The molecule has 5 nitrogen and oxygen atoms in total. The van der Waals surface area contributed by atoms with E-state index in [2.05, 4.69) is 0 Å². The predicted molar refractivity (Wildman–Crippen MR) is 95.1 cm³/mol. The quantitative estimate of drug-likeness (QED) is 0.831. The van der Waals surface area contributed by atoms with Crippen molar-refractivity contribution in [3.63, 3.8) is 0 Å². The van der Waals surface area contributed by atoms with Gasteiger partial charge in [-0.25, -0.2) is 4.79 Å². The Labute approximate surface area is 144 Å². The van der Waals surface area contributed by atoms with Crippen molar-refractivity contribution in [1.82, 2.24) is 4.90 Å². The van der Waals surface area contributed by atoms with Crippen LogP contribution in [0.4, 0.5) is 10.5 Å². The summed E-state index contributed by atoms with van der Waals surface area (Å²) in [5, 5.41) is 0. The van der Waals surface area contributed by atoms with E-state index in [1.807, 2.05) is 59.0 Å². The Morgan fingerprint density at radius 2 is 1.75 bits per heavy atom. The van der Waals surface area contributed by atoms with Crippen molar-refractivity contribution in [3.05, 3.63) is 29.8 Å². The molecule has 2 amide bonds. The Kier molecular flexibility index (Phi) is 5.52. The van der Waals surface area contributed by atoms with E-state index >= 15 is 0 Å². The fraction of sp³-hybridized carbons (Fsp3) is 0.579. The number of ether oxygens (including phenoxy) is 1. The van der Waals surface area contributed by atoms with Crippen LogP contribution in [-0.4, -0.2) is 42.6 Å². The summed E-state index contributed by atoms with van der Waals surface area (Å²) >= 11 is 0. The van der Waals surface area contributed by atoms with Crippen molar-refractivity contribution < 1.29 is 14.3 Å². The van der Waals surface area contributed by atoms with Gasteiger partial charge in [-0.2, -0.15) is 0 Å². The summed E-state index contributed by atoms with van der Waals surface area (Å²) in [7, 11) is 1.82. The zero-order chi connectivity index (χ0) is 17.9. The Bertz CT molecular complexity index is 599. The number of benzene rings is 1. The van der Waals surface area contributed by atoms with Crippen LogP contribution in [0.1, 0.15) is 39.2 Å². The molecule has 1 saturated heterocycles. The van der Waals surface area contributed by atoms with Gasteiger partial charge >= 0.3 is 6.09 Å². The van der Waals surface area contributed by atoms with Gasteiger partial charge in [0, 0.05) is 31.7 Å². The van der Waals surface area contributed by atoms with Crippen molar-refractivity contribution in [2.75, 3.05) is 25.0 Å². The Balaban J connectivity index is 1.93. The molecule has 5 heteroatoms. The van der Waals surface area contributed by atoms with Gasteiger partial charge in [0.05, 0.1) is 0 Å². The summed E-state index contributed by atoms with van der Waals surface area (Å²) in [5.41, 5.74) is 1.53. The fourth-order valence-corrected chi connectivity index (χ4v) is 2.97. The molecule has 0 spiro atoms. The number of anilines is 1. The van der Waals surface area contributed by atoms with Crippen LogP contribution in [0.3, 0.4) is 0 Å². The zero-order valence-corrected chi connectivity index (χ0v) is 15.3. The van der Waals surface area contributed by atoms with Gasteiger partial charge in [0.15, 0.2) is 0 Å². The molecule has 1 aromatic carbocycles. The smallest absolute Gasteiger partial charge is 0.410 e. The predicted octanol–water partition coefficient (Wildman–Crippen LogP) is 3.60. The summed E-state index contributed by atoms with van der Waals surface area (Å²) < 4.78 is 5.40. The molecule has 0 N–H and O–H groups in total. The maximum atomic E-state index is 12.7. The maximum absolute atomic E-state index is 12.7. The molecule has 24 heavy (non-hydrogen) atoms. The van der Waals surface area contributed by atoms with Crippen LogP contribution in [-0.2, 0) is 9.53 Å². The average Bonchev–Trinajstić information content (AvgIpc) is 2.52. The first-order valence-electron chi connectivity index (χ1n) is 8.50. The number of piperidine rings is 1.